The number of para-hydroxylation sites is 1. The molecule has 0 saturated carbocycles. The Kier molecular flexibility index (Phi) is 15.1. The summed E-state index contributed by atoms with van der Waals surface area (Å²) in [5.41, 5.74) is 0.245. The van der Waals surface area contributed by atoms with Gasteiger partial charge in [0.2, 0.25) is 0 Å². The number of ether oxygens (including phenoxy) is 1. The number of benzene rings is 1. The molecule has 0 fully saturated rings. The molecule has 4 heteroatoms. The molecule has 1 aromatic carbocycles. The molecule has 0 atom stereocenters. The average molecular weight is 349 g/mol. The van der Waals surface area contributed by atoms with E-state index in [0.29, 0.717) is 6.61 Å². The molecular formula is C19H32CaO3. The van der Waals surface area contributed by atoms with Gasteiger partial charge in [-0.3, -0.25) is 0 Å². The van der Waals surface area contributed by atoms with Crippen LogP contribution >= 0.6 is 0 Å². The molecule has 3 nitrogen and oxygen atoms in total. The zero-order chi connectivity index (χ0) is 16.0. The van der Waals surface area contributed by atoms with Crippen LogP contribution < -0.4 is 0 Å². The fraction of sp³-hybridized carbons (Fsp3) is 0.632. The van der Waals surface area contributed by atoms with E-state index in [4.69, 9.17) is 4.74 Å². The third-order valence-corrected chi connectivity index (χ3v) is 3.86. The van der Waals surface area contributed by atoms with Crippen LogP contribution in [0.5, 0.6) is 5.75 Å². The molecule has 0 amide bonds. The molecule has 0 unspecified atom stereocenters. The number of rotatable bonds is 12. The van der Waals surface area contributed by atoms with Gasteiger partial charge in [0.1, 0.15) is 11.3 Å². The number of aromatic hydroxyl groups is 1. The third-order valence-electron chi connectivity index (χ3n) is 3.86. The van der Waals surface area contributed by atoms with Crippen molar-refractivity contribution in [2.45, 2.75) is 71.1 Å². The van der Waals surface area contributed by atoms with Crippen molar-refractivity contribution in [1.82, 2.24) is 0 Å². The molecule has 128 valence electrons. The SMILES string of the molecule is CCCCCCCCCCCCOC(=O)c1ccccc1O.[CaH2]. The molecule has 1 aromatic rings. The Morgan fingerprint density at radius 1 is 0.913 bits per heavy atom. The second-order valence-electron chi connectivity index (χ2n) is 5.84. The molecule has 0 bridgehead atoms. The molecule has 1 N–H and O–H groups in total. The fourth-order valence-electron chi connectivity index (χ4n) is 2.48. The van der Waals surface area contributed by atoms with Gasteiger partial charge in [0, 0.05) is 0 Å². The Hall–Kier alpha value is -0.250. The van der Waals surface area contributed by atoms with E-state index in [1.807, 2.05) is 0 Å². The number of carbonyl (C=O) groups excluding carboxylic acids is 1. The average Bonchev–Trinajstić information content (AvgIpc) is 2.53. The molecule has 0 aliphatic heterocycles. The topological polar surface area (TPSA) is 46.5 Å². The first kappa shape index (κ1) is 22.7. The zero-order valence-corrected chi connectivity index (χ0v) is 13.9. The predicted molar refractivity (Wildman–Crippen MR) is 98.8 cm³/mol. The van der Waals surface area contributed by atoms with E-state index in [-0.39, 0.29) is 49.1 Å². The van der Waals surface area contributed by atoms with Gasteiger partial charge in [-0.2, -0.15) is 0 Å². The zero-order valence-electron chi connectivity index (χ0n) is 13.9. The second kappa shape index (κ2) is 15.3. The van der Waals surface area contributed by atoms with E-state index in [9.17, 15) is 9.90 Å². The first-order valence-corrected chi connectivity index (χ1v) is 8.70. The molecule has 0 spiro atoms. The van der Waals surface area contributed by atoms with Crippen molar-refractivity contribution in [1.29, 1.82) is 0 Å². The summed E-state index contributed by atoms with van der Waals surface area (Å²) in [4.78, 5) is 11.7. The molecule has 0 radical (unpaired) electrons. The van der Waals surface area contributed by atoms with Crippen molar-refractivity contribution < 1.29 is 14.6 Å². The number of carbonyl (C=O) groups is 1. The number of phenolic OH excluding ortho intramolecular Hbond substituents is 1. The quantitative estimate of drug-likeness (QED) is 0.342. The number of phenols is 1. The summed E-state index contributed by atoms with van der Waals surface area (Å²) < 4.78 is 5.18. The van der Waals surface area contributed by atoms with E-state index >= 15 is 0 Å². The van der Waals surface area contributed by atoms with Gasteiger partial charge >= 0.3 is 43.7 Å². The van der Waals surface area contributed by atoms with Crippen molar-refractivity contribution in [3.8, 4) is 5.75 Å². The van der Waals surface area contributed by atoms with E-state index in [0.717, 1.165) is 12.8 Å². The summed E-state index contributed by atoms with van der Waals surface area (Å²) in [7, 11) is 0. The monoisotopic (exact) mass is 348 g/mol. The van der Waals surface area contributed by atoms with Crippen LogP contribution in [0.25, 0.3) is 0 Å². The Bertz CT molecular complexity index is 421. The summed E-state index contributed by atoms with van der Waals surface area (Å²) >= 11 is 0. The molecule has 0 aliphatic carbocycles. The van der Waals surface area contributed by atoms with Crippen LogP contribution in [0.2, 0.25) is 0 Å². The van der Waals surface area contributed by atoms with Crippen LogP contribution in [0, 0.1) is 0 Å². The van der Waals surface area contributed by atoms with Crippen LogP contribution in [0.3, 0.4) is 0 Å². The number of hydrogen-bond donors (Lipinski definition) is 1. The Balaban J connectivity index is 0.00000484. The normalized spacial score (nSPS) is 10.1. The van der Waals surface area contributed by atoms with Crippen LogP contribution in [0.1, 0.15) is 81.5 Å². The molecule has 23 heavy (non-hydrogen) atoms. The third kappa shape index (κ3) is 11.0. The first-order valence-electron chi connectivity index (χ1n) is 8.70. The maximum absolute atomic E-state index is 11.7. The van der Waals surface area contributed by atoms with E-state index < -0.39 is 5.97 Å². The summed E-state index contributed by atoms with van der Waals surface area (Å²) in [6, 6.07) is 6.48. The van der Waals surface area contributed by atoms with E-state index in [2.05, 4.69) is 6.92 Å². The maximum atomic E-state index is 11.7. The van der Waals surface area contributed by atoms with Crippen molar-refractivity contribution in [3.05, 3.63) is 29.8 Å². The fourth-order valence-corrected chi connectivity index (χ4v) is 2.48. The summed E-state index contributed by atoms with van der Waals surface area (Å²) in [5.74, 6) is -0.454. The van der Waals surface area contributed by atoms with Gasteiger partial charge in [0.05, 0.1) is 6.61 Å². The summed E-state index contributed by atoms with van der Waals surface area (Å²) in [6.45, 7) is 2.68. The minimum atomic E-state index is -0.436. The van der Waals surface area contributed by atoms with E-state index in [1.54, 1.807) is 18.2 Å². The van der Waals surface area contributed by atoms with Crippen molar-refractivity contribution in [2.24, 2.45) is 0 Å². The van der Waals surface area contributed by atoms with Crippen LogP contribution in [-0.2, 0) is 4.74 Å². The van der Waals surface area contributed by atoms with Gasteiger partial charge in [0.15, 0.2) is 0 Å². The van der Waals surface area contributed by atoms with Gasteiger partial charge in [-0.15, -0.1) is 0 Å². The van der Waals surface area contributed by atoms with Gasteiger partial charge in [-0.25, -0.2) is 4.79 Å². The summed E-state index contributed by atoms with van der Waals surface area (Å²) in [6.07, 6.45) is 12.6. The minimum absolute atomic E-state index is 0. The molecule has 0 saturated heterocycles. The Morgan fingerprint density at radius 3 is 2.00 bits per heavy atom. The Labute approximate surface area is 170 Å². The predicted octanol–water partition coefficient (Wildman–Crippen LogP) is 4.55. The van der Waals surface area contributed by atoms with E-state index in [1.165, 1.54) is 57.4 Å². The standard InChI is InChI=1S/C19H30O3.Ca.2H/c1-2-3-4-5-6-7-8-9-10-13-16-22-19(21)17-14-11-12-15-18(17)20;;;/h11-12,14-15,20H,2-10,13,16H2,1H3;;;. The van der Waals surface area contributed by atoms with Gasteiger partial charge < -0.3 is 9.84 Å². The Morgan fingerprint density at radius 2 is 1.43 bits per heavy atom. The van der Waals surface area contributed by atoms with Crippen molar-refractivity contribution >= 4 is 43.7 Å². The van der Waals surface area contributed by atoms with Crippen LogP contribution in [0.15, 0.2) is 24.3 Å². The molecular weight excluding hydrogens is 316 g/mol. The molecule has 1 rings (SSSR count). The number of unbranched alkanes of at least 4 members (excludes halogenated alkanes) is 9. The number of esters is 1. The molecule has 0 heterocycles. The molecule has 0 aliphatic rings. The van der Waals surface area contributed by atoms with Gasteiger partial charge in [-0.05, 0) is 18.6 Å². The summed E-state index contributed by atoms with van der Waals surface area (Å²) in [5, 5.41) is 9.56. The van der Waals surface area contributed by atoms with Gasteiger partial charge in [-0.1, -0.05) is 76.8 Å². The van der Waals surface area contributed by atoms with Crippen molar-refractivity contribution in [2.75, 3.05) is 6.61 Å². The molecule has 0 aromatic heterocycles. The number of hydrogen-bond acceptors (Lipinski definition) is 3. The van der Waals surface area contributed by atoms with Crippen LogP contribution in [-0.4, -0.2) is 55.4 Å². The van der Waals surface area contributed by atoms with Gasteiger partial charge in [0.25, 0.3) is 0 Å². The van der Waals surface area contributed by atoms with Crippen LogP contribution in [0.4, 0.5) is 0 Å². The first-order chi connectivity index (χ1) is 10.8. The van der Waals surface area contributed by atoms with Crippen molar-refractivity contribution in [3.63, 3.8) is 0 Å². The second-order valence-corrected chi connectivity index (χ2v) is 5.84.